The molecule has 10 heavy (non-hydrogen) atoms. The topological polar surface area (TPSA) is 37.3 Å². The zero-order chi connectivity index (χ0) is 8.15. The van der Waals surface area contributed by atoms with E-state index in [0.29, 0.717) is 6.42 Å². The minimum absolute atomic E-state index is 0.179. The van der Waals surface area contributed by atoms with Gasteiger partial charge >= 0.3 is 5.97 Å². The molecule has 3 heteroatoms. The van der Waals surface area contributed by atoms with Gasteiger partial charge in [0, 0.05) is 0 Å². The average molecular weight is 146 g/mol. The highest BCUT2D eigenvalue weighted by molar-refractivity contribution is 5.86. The van der Waals surface area contributed by atoms with Gasteiger partial charge in [0.25, 0.3) is 0 Å². The van der Waals surface area contributed by atoms with Gasteiger partial charge in [0.05, 0.1) is 5.57 Å². The maximum atomic E-state index is 12.5. The van der Waals surface area contributed by atoms with Gasteiger partial charge in [-0.05, 0) is 19.8 Å². The number of rotatable bonds is 3. The molecule has 2 nitrogen and oxygen atoms in total. The summed E-state index contributed by atoms with van der Waals surface area (Å²) in [5, 5.41) is 8.28. The van der Waals surface area contributed by atoms with Crippen LogP contribution in [-0.2, 0) is 4.79 Å². The summed E-state index contributed by atoms with van der Waals surface area (Å²) in [5.74, 6) is -1.69. The third kappa shape index (κ3) is 2.62. The molecule has 0 aliphatic rings. The molecule has 0 amide bonds. The van der Waals surface area contributed by atoms with Crippen LogP contribution in [0.4, 0.5) is 4.39 Å². The van der Waals surface area contributed by atoms with Crippen LogP contribution < -0.4 is 0 Å². The van der Waals surface area contributed by atoms with E-state index in [1.54, 1.807) is 6.92 Å². The van der Waals surface area contributed by atoms with Crippen LogP contribution in [0.5, 0.6) is 0 Å². The third-order valence-electron chi connectivity index (χ3n) is 1.20. The summed E-state index contributed by atoms with van der Waals surface area (Å²) in [6, 6.07) is 0. The van der Waals surface area contributed by atoms with Crippen LogP contribution in [0, 0.1) is 0 Å². The average Bonchev–Trinajstić information content (AvgIpc) is 1.87. The van der Waals surface area contributed by atoms with E-state index >= 15 is 0 Å². The number of carbonyl (C=O) groups is 1. The normalized spacial score (nSPS) is 12.7. The summed E-state index contributed by atoms with van der Waals surface area (Å²) < 4.78 is 12.5. The fourth-order valence-corrected chi connectivity index (χ4v) is 0.523. The Morgan fingerprint density at radius 2 is 2.10 bits per heavy atom. The van der Waals surface area contributed by atoms with E-state index in [1.807, 2.05) is 0 Å². The minimum Gasteiger partial charge on any atom is -0.478 e. The van der Waals surface area contributed by atoms with Crippen molar-refractivity contribution in [2.45, 2.75) is 26.7 Å². The molecule has 0 rings (SSSR count). The second-order valence-electron chi connectivity index (χ2n) is 2.09. The van der Waals surface area contributed by atoms with Gasteiger partial charge in [-0.3, -0.25) is 0 Å². The molecule has 0 saturated carbocycles. The van der Waals surface area contributed by atoms with Crippen LogP contribution in [0.25, 0.3) is 0 Å². The lowest BCUT2D eigenvalue weighted by Gasteiger charge is -1.95. The summed E-state index contributed by atoms with van der Waals surface area (Å²) >= 11 is 0. The highest BCUT2D eigenvalue weighted by Gasteiger charge is 2.06. The molecular weight excluding hydrogens is 135 g/mol. The summed E-state index contributed by atoms with van der Waals surface area (Å²) in [6.45, 7) is 3.07. The smallest absolute Gasteiger partial charge is 0.333 e. The molecule has 0 fully saturated rings. The Bertz CT molecular complexity index is 161. The van der Waals surface area contributed by atoms with Crippen molar-refractivity contribution in [1.82, 2.24) is 0 Å². The Balaban J connectivity index is 4.19. The Morgan fingerprint density at radius 1 is 1.60 bits per heavy atom. The van der Waals surface area contributed by atoms with Gasteiger partial charge in [-0.1, -0.05) is 6.92 Å². The summed E-state index contributed by atoms with van der Waals surface area (Å²) in [4.78, 5) is 10.1. The maximum absolute atomic E-state index is 12.5. The second-order valence-corrected chi connectivity index (χ2v) is 2.09. The van der Waals surface area contributed by atoms with Crippen molar-refractivity contribution in [2.75, 3.05) is 0 Å². The number of hydrogen-bond donors (Lipinski definition) is 1. The van der Waals surface area contributed by atoms with Crippen molar-refractivity contribution >= 4 is 5.97 Å². The predicted molar refractivity (Wildman–Crippen MR) is 36.4 cm³/mol. The van der Waals surface area contributed by atoms with E-state index in [-0.39, 0.29) is 12.0 Å². The molecule has 0 aliphatic heterocycles. The first-order valence-corrected chi connectivity index (χ1v) is 3.18. The molecule has 0 bridgehead atoms. The van der Waals surface area contributed by atoms with Crippen molar-refractivity contribution in [1.29, 1.82) is 0 Å². The van der Waals surface area contributed by atoms with Gasteiger partial charge in [0.2, 0.25) is 0 Å². The summed E-state index contributed by atoms with van der Waals surface area (Å²) in [6.07, 6.45) is 0.856. The number of carboxylic acid groups (broad SMARTS) is 1. The summed E-state index contributed by atoms with van der Waals surface area (Å²) in [7, 11) is 0. The van der Waals surface area contributed by atoms with Gasteiger partial charge in [-0.15, -0.1) is 0 Å². The molecule has 0 unspecified atom stereocenters. The molecule has 0 saturated heterocycles. The highest BCUT2D eigenvalue weighted by atomic mass is 19.1. The van der Waals surface area contributed by atoms with Crippen molar-refractivity contribution in [2.24, 2.45) is 0 Å². The molecule has 0 radical (unpaired) electrons. The fourth-order valence-electron chi connectivity index (χ4n) is 0.523. The standard InChI is InChI=1S/C7H11FO2/c1-3-4-6(8)5(2)7(9)10/h3-4H2,1-2H3,(H,9,10). The lowest BCUT2D eigenvalue weighted by Crippen LogP contribution is -1.98. The predicted octanol–water partition coefficient (Wildman–Crippen LogP) is 2.11. The van der Waals surface area contributed by atoms with E-state index in [1.165, 1.54) is 6.92 Å². The highest BCUT2D eigenvalue weighted by Crippen LogP contribution is 2.11. The monoisotopic (exact) mass is 146 g/mol. The van der Waals surface area contributed by atoms with Crippen molar-refractivity contribution in [3.05, 3.63) is 11.4 Å². The lowest BCUT2D eigenvalue weighted by molar-refractivity contribution is -0.132. The Morgan fingerprint density at radius 3 is 2.40 bits per heavy atom. The maximum Gasteiger partial charge on any atom is 0.333 e. The molecule has 0 aliphatic carbocycles. The van der Waals surface area contributed by atoms with Gasteiger partial charge in [-0.25, -0.2) is 9.18 Å². The Labute approximate surface area is 59.4 Å². The molecule has 0 heterocycles. The minimum atomic E-state index is -1.18. The zero-order valence-electron chi connectivity index (χ0n) is 6.15. The molecule has 0 spiro atoms. The van der Waals surface area contributed by atoms with E-state index in [4.69, 9.17) is 5.11 Å². The van der Waals surface area contributed by atoms with E-state index in [2.05, 4.69) is 0 Å². The van der Waals surface area contributed by atoms with Crippen molar-refractivity contribution < 1.29 is 14.3 Å². The first-order chi connectivity index (χ1) is 4.59. The molecule has 0 aromatic heterocycles. The second kappa shape index (κ2) is 4.04. The first kappa shape index (κ1) is 9.14. The first-order valence-electron chi connectivity index (χ1n) is 3.18. The summed E-state index contributed by atoms with van der Waals surface area (Å²) in [5.41, 5.74) is -0.179. The van der Waals surface area contributed by atoms with Crippen LogP contribution in [0.2, 0.25) is 0 Å². The van der Waals surface area contributed by atoms with E-state index < -0.39 is 11.8 Å². The van der Waals surface area contributed by atoms with Gasteiger partial charge < -0.3 is 5.11 Å². The Hall–Kier alpha value is -0.860. The number of halogens is 1. The van der Waals surface area contributed by atoms with Crippen LogP contribution in [-0.4, -0.2) is 11.1 Å². The number of hydrogen-bond acceptors (Lipinski definition) is 1. The fraction of sp³-hybridized carbons (Fsp3) is 0.571. The zero-order valence-corrected chi connectivity index (χ0v) is 6.15. The number of carboxylic acids is 1. The van der Waals surface area contributed by atoms with Crippen LogP contribution >= 0.6 is 0 Å². The molecule has 1 N–H and O–H groups in total. The number of allylic oxidation sites excluding steroid dienone is 1. The SMILES string of the molecule is CCCC(F)=C(C)C(=O)O. The molecule has 0 aromatic carbocycles. The number of aliphatic carboxylic acids is 1. The third-order valence-corrected chi connectivity index (χ3v) is 1.20. The molecule has 0 aromatic rings. The quantitative estimate of drug-likeness (QED) is 0.619. The van der Waals surface area contributed by atoms with E-state index in [9.17, 15) is 9.18 Å². The van der Waals surface area contributed by atoms with Gasteiger partial charge in [0.15, 0.2) is 0 Å². The largest absolute Gasteiger partial charge is 0.478 e. The molecule has 58 valence electrons. The van der Waals surface area contributed by atoms with E-state index in [0.717, 1.165) is 0 Å². The van der Waals surface area contributed by atoms with Gasteiger partial charge in [-0.2, -0.15) is 0 Å². The van der Waals surface area contributed by atoms with Gasteiger partial charge in [0.1, 0.15) is 5.83 Å². The van der Waals surface area contributed by atoms with Crippen LogP contribution in [0.3, 0.4) is 0 Å². The molecule has 0 atom stereocenters. The van der Waals surface area contributed by atoms with Crippen LogP contribution in [0.1, 0.15) is 26.7 Å². The lowest BCUT2D eigenvalue weighted by atomic mass is 10.2. The van der Waals surface area contributed by atoms with Crippen molar-refractivity contribution in [3.8, 4) is 0 Å². The van der Waals surface area contributed by atoms with Crippen LogP contribution in [0.15, 0.2) is 11.4 Å². The Kier molecular flexibility index (Phi) is 3.69. The van der Waals surface area contributed by atoms with Crippen molar-refractivity contribution in [3.63, 3.8) is 0 Å². The molecular formula is C7H11FO2.